The van der Waals surface area contributed by atoms with Crippen LogP contribution in [0.25, 0.3) is 11.0 Å². The quantitative estimate of drug-likeness (QED) is 0.551. The fraction of sp³-hybridized carbons (Fsp3) is 0.474. The summed E-state index contributed by atoms with van der Waals surface area (Å²) in [6.07, 6.45) is 6.22. The average Bonchev–Trinajstić information content (AvgIpc) is 3.01. The predicted octanol–water partition coefficient (Wildman–Crippen LogP) is 2.94. The lowest BCUT2D eigenvalue weighted by Crippen LogP contribution is -2.42. The van der Waals surface area contributed by atoms with Gasteiger partial charge in [-0.3, -0.25) is 4.99 Å². The van der Waals surface area contributed by atoms with E-state index in [0.29, 0.717) is 19.0 Å². The molecule has 26 heavy (non-hydrogen) atoms. The van der Waals surface area contributed by atoms with Crippen molar-refractivity contribution in [3.63, 3.8) is 0 Å². The lowest BCUT2D eigenvalue weighted by atomic mass is 9.84. The minimum atomic E-state index is -1.24. The highest BCUT2D eigenvalue weighted by Crippen LogP contribution is 2.32. The molecule has 1 aromatic carbocycles. The molecule has 0 fully saturated rings. The molecule has 3 rings (SSSR count). The van der Waals surface area contributed by atoms with E-state index in [9.17, 15) is 4.55 Å². The molecular weight excluding hydrogens is 350 g/mol. The highest BCUT2D eigenvalue weighted by Gasteiger charge is 2.38. The Hall–Kier alpha value is -1.67. The fourth-order valence-electron chi connectivity index (χ4n) is 3.14. The van der Waals surface area contributed by atoms with E-state index in [1.807, 2.05) is 37.3 Å². The molecule has 0 bridgehead atoms. The van der Waals surface area contributed by atoms with Gasteiger partial charge in [-0.25, -0.2) is 4.98 Å². The van der Waals surface area contributed by atoms with E-state index in [2.05, 4.69) is 11.9 Å². The lowest BCUT2D eigenvalue weighted by Gasteiger charge is -2.35. The zero-order chi connectivity index (χ0) is 18.7. The zero-order valence-corrected chi connectivity index (χ0v) is 16.5. The second kappa shape index (κ2) is 7.92. The van der Waals surface area contributed by atoms with Gasteiger partial charge in [-0.15, -0.1) is 3.97 Å². The third kappa shape index (κ3) is 3.57. The SMILES string of the molecule is COCCCOC1(C)C=CN=C(c2nc3ccccc3n2[S+](C)[O-])C1C. The number of ether oxygens (including phenoxy) is 2. The van der Waals surface area contributed by atoms with Crippen molar-refractivity contribution in [2.75, 3.05) is 26.6 Å². The second-order valence-electron chi connectivity index (χ2n) is 6.57. The van der Waals surface area contributed by atoms with Gasteiger partial charge in [0.2, 0.25) is 5.82 Å². The summed E-state index contributed by atoms with van der Waals surface area (Å²) in [5.41, 5.74) is 1.94. The molecule has 1 aliphatic rings. The Morgan fingerprint density at radius 2 is 2.08 bits per heavy atom. The number of aliphatic imine (C=N–C) groups is 1. The van der Waals surface area contributed by atoms with Crippen LogP contribution < -0.4 is 0 Å². The molecule has 1 aromatic heterocycles. The molecule has 140 valence electrons. The summed E-state index contributed by atoms with van der Waals surface area (Å²) >= 11 is -1.24. The van der Waals surface area contributed by atoms with Gasteiger partial charge < -0.3 is 14.0 Å². The van der Waals surface area contributed by atoms with Crippen LogP contribution in [0.3, 0.4) is 0 Å². The first-order chi connectivity index (χ1) is 12.5. The Morgan fingerprint density at radius 1 is 1.31 bits per heavy atom. The Bertz CT molecular complexity index is 831. The number of imidazole rings is 1. The number of nitrogens with zero attached hydrogens (tertiary/aromatic N) is 3. The first-order valence-electron chi connectivity index (χ1n) is 8.68. The molecule has 7 heteroatoms. The zero-order valence-electron chi connectivity index (χ0n) is 15.6. The van der Waals surface area contributed by atoms with Gasteiger partial charge in [0.1, 0.15) is 11.8 Å². The summed E-state index contributed by atoms with van der Waals surface area (Å²) in [5, 5.41) is 0. The van der Waals surface area contributed by atoms with E-state index >= 15 is 0 Å². The van der Waals surface area contributed by atoms with Gasteiger partial charge in [0.25, 0.3) is 0 Å². The van der Waals surface area contributed by atoms with E-state index in [1.165, 1.54) is 0 Å². The molecule has 1 aliphatic heterocycles. The Balaban J connectivity index is 1.94. The number of para-hydroxylation sites is 2. The van der Waals surface area contributed by atoms with Gasteiger partial charge in [0.15, 0.2) is 0 Å². The number of fused-ring (bicyclic) bond motifs is 1. The van der Waals surface area contributed by atoms with Gasteiger partial charge in [0, 0.05) is 32.4 Å². The molecule has 0 saturated heterocycles. The number of benzene rings is 1. The number of hydrogen-bond acceptors (Lipinski definition) is 5. The summed E-state index contributed by atoms with van der Waals surface area (Å²) in [6.45, 7) is 5.38. The maximum Gasteiger partial charge on any atom is 0.202 e. The fourth-order valence-corrected chi connectivity index (χ4v) is 3.95. The van der Waals surface area contributed by atoms with Crippen molar-refractivity contribution in [1.82, 2.24) is 8.96 Å². The molecule has 0 amide bonds. The highest BCUT2D eigenvalue weighted by atomic mass is 32.2. The van der Waals surface area contributed by atoms with Crippen molar-refractivity contribution in [3.05, 3.63) is 42.4 Å². The summed E-state index contributed by atoms with van der Waals surface area (Å²) < 4.78 is 25.4. The van der Waals surface area contributed by atoms with Crippen LogP contribution in [-0.2, 0) is 20.8 Å². The Kier molecular flexibility index (Phi) is 5.82. The van der Waals surface area contributed by atoms with Crippen LogP contribution in [0.5, 0.6) is 0 Å². The molecule has 3 atom stereocenters. The summed E-state index contributed by atoms with van der Waals surface area (Å²) in [7, 11) is 1.69. The normalized spacial score (nSPS) is 24.0. The van der Waals surface area contributed by atoms with Crippen LogP contribution in [0.15, 0.2) is 41.5 Å². The van der Waals surface area contributed by atoms with Gasteiger partial charge >= 0.3 is 0 Å². The largest absolute Gasteiger partial charge is 0.593 e. The van der Waals surface area contributed by atoms with Gasteiger partial charge in [0.05, 0.1) is 28.2 Å². The van der Waals surface area contributed by atoms with Crippen LogP contribution in [0, 0.1) is 5.92 Å². The van der Waals surface area contributed by atoms with E-state index in [-0.39, 0.29) is 5.92 Å². The van der Waals surface area contributed by atoms with E-state index in [1.54, 1.807) is 23.5 Å². The molecule has 3 unspecified atom stereocenters. The standard InChI is InChI=1S/C19H25N3O3S/c1-14-17(20-11-10-19(14,2)25-13-7-12-24-3)18-21-15-8-5-6-9-16(15)22(18)26(4)23/h5-6,8-11,14H,7,12-13H2,1-4H3. The molecule has 0 N–H and O–H groups in total. The smallest absolute Gasteiger partial charge is 0.202 e. The van der Waals surface area contributed by atoms with Crippen LogP contribution >= 0.6 is 0 Å². The maximum absolute atomic E-state index is 12.4. The first kappa shape index (κ1) is 19.1. The monoisotopic (exact) mass is 375 g/mol. The number of aromatic nitrogens is 2. The first-order valence-corrected chi connectivity index (χ1v) is 10.2. The molecule has 0 radical (unpaired) electrons. The van der Waals surface area contributed by atoms with E-state index in [0.717, 1.165) is 23.2 Å². The third-order valence-electron chi connectivity index (χ3n) is 4.80. The minimum absolute atomic E-state index is 0.0332. The molecule has 6 nitrogen and oxygen atoms in total. The molecule has 0 spiro atoms. The van der Waals surface area contributed by atoms with Crippen molar-refractivity contribution in [3.8, 4) is 0 Å². The Morgan fingerprint density at radius 3 is 2.81 bits per heavy atom. The van der Waals surface area contributed by atoms with Crippen molar-refractivity contribution in [2.45, 2.75) is 25.9 Å². The van der Waals surface area contributed by atoms with Crippen molar-refractivity contribution < 1.29 is 14.0 Å². The number of rotatable bonds is 7. The van der Waals surface area contributed by atoms with Crippen molar-refractivity contribution >= 4 is 28.1 Å². The minimum Gasteiger partial charge on any atom is -0.593 e. The third-order valence-corrected chi connectivity index (χ3v) is 5.68. The van der Waals surface area contributed by atoms with Crippen LogP contribution in [0.1, 0.15) is 26.1 Å². The summed E-state index contributed by atoms with van der Waals surface area (Å²) in [6, 6.07) is 7.70. The average molecular weight is 375 g/mol. The lowest BCUT2D eigenvalue weighted by molar-refractivity contribution is -0.0227. The molecule has 0 aliphatic carbocycles. The van der Waals surface area contributed by atoms with Gasteiger partial charge in [-0.1, -0.05) is 19.1 Å². The molecular formula is C19H25N3O3S. The van der Waals surface area contributed by atoms with E-state index < -0.39 is 17.0 Å². The molecule has 2 aromatic rings. The van der Waals surface area contributed by atoms with Gasteiger partial charge in [-0.2, -0.15) is 0 Å². The maximum atomic E-state index is 12.4. The number of methoxy groups -OCH3 is 1. The van der Waals surface area contributed by atoms with Crippen LogP contribution in [-0.4, -0.2) is 51.4 Å². The van der Waals surface area contributed by atoms with Crippen LogP contribution in [0.2, 0.25) is 0 Å². The topological polar surface area (TPSA) is 71.7 Å². The van der Waals surface area contributed by atoms with Crippen molar-refractivity contribution in [2.24, 2.45) is 10.9 Å². The van der Waals surface area contributed by atoms with Crippen LogP contribution in [0.4, 0.5) is 0 Å². The highest BCUT2D eigenvalue weighted by molar-refractivity contribution is 7.89. The molecule has 0 saturated carbocycles. The summed E-state index contributed by atoms with van der Waals surface area (Å²) in [4.78, 5) is 9.29. The summed E-state index contributed by atoms with van der Waals surface area (Å²) in [5.74, 6) is 0.602. The Labute approximate surface area is 157 Å². The molecule has 2 heterocycles. The second-order valence-corrected chi connectivity index (χ2v) is 7.79. The van der Waals surface area contributed by atoms with E-state index in [4.69, 9.17) is 14.5 Å². The predicted molar refractivity (Wildman–Crippen MR) is 105 cm³/mol. The van der Waals surface area contributed by atoms with Gasteiger partial charge in [-0.05, 0) is 31.6 Å². The van der Waals surface area contributed by atoms with Crippen molar-refractivity contribution in [1.29, 1.82) is 0 Å². The number of hydrogen-bond donors (Lipinski definition) is 0.